The lowest BCUT2D eigenvalue weighted by molar-refractivity contribution is 0.0595. The van der Waals surface area contributed by atoms with Crippen LogP contribution in [0.1, 0.15) is 44.3 Å². The summed E-state index contributed by atoms with van der Waals surface area (Å²) in [6, 6.07) is 2.01. The highest BCUT2D eigenvalue weighted by Gasteiger charge is 2.27. The van der Waals surface area contributed by atoms with Crippen LogP contribution in [0.5, 0.6) is 0 Å². The first-order chi connectivity index (χ1) is 9.85. The van der Waals surface area contributed by atoms with Crippen molar-refractivity contribution in [3.05, 3.63) is 11.9 Å². The number of hydrogen-bond donors (Lipinski definition) is 2. The Bertz CT molecular complexity index is 441. The monoisotopic (exact) mass is 276 g/mol. The maximum Gasteiger partial charge on any atom is 0.136 e. The number of aromatic nitrogens is 2. The molecule has 0 aromatic carbocycles. The van der Waals surface area contributed by atoms with E-state index in [9.17, 15) is 0 Å². The predicted octanol–water partition coefficient (Wildman–Crippen LogP) is 2.62. The van der Waals surface area contributed by atoms with Crippen molar-refractivity contribution in [1.29, 1.82) is 0 Å². The molecule has 1 aliphatic heterocycles. The molecule has 2 N–H and O–H groups in total. The molecule has 1 aromatic rings. The summed E-state index contributed by atoms with van der Waals surface area (Å²) in [5.74, 6) is 4.05. The molecule has 1 atom stereocenters. The molecule has 110 valence electrons. The third-order valence-electron chi connectivity index (χ3n) is 3.87. The van der Waals surface area contributed by atoms with Gasteiger partial charge in [0.25, 0.3) is 0 Å². The van der Waals surface area contributed by atoms with Gasteiger partial charge in [-0.1, -0.05) is 0 Å². The van der Waals surface area contributed by atoms with Crippen molar-refractivity contribution in [1.82, 2.24) is 9.97 Å². The number of rotatable bonds is 6. The van der Waals surface area contributed by atoms with Crippen molar-refractivity contribution < 1.29 is 4.74 Å². The van der Waals surface area contributed by atoms with Gasteiger partial charge in [0.05, 0.1) is 6.61 Å². The van der Waals surface area contributed by atoms with Crippen LogP contribution in [0.25, 0.3) is 0 Å². The molecule has 0 spiro atoms. The topological polar surface area (TPSA) is 59.1 Å². The Labute approximate surface area is 120 Å². The molecule has 20 heavy (non-hydrogen) atoms. The maximum atomic E-state index is 5.52. The zero-order valence-electron chi connectivity index (χ0n) is 12.2. The van der Waals surface area contributed by atoms with Crippen LogP contribution in [0, 0.1) is 5.92 Å². The zero-order valence-corrected chi connectivity index (χ0v) is 12.2. The molecule has 5 nitrogen and oxygen atoms in total. The van der Waals surface area contributed by atoms with Crippen LogP contribution in [0.4, 0.5) is 11.6 Å². The minimum atomic E-state index is 0.576. The molecule has 0 amide bonds. The van der Waals surface area contributed by atoms with E-state index >= 15 is 0 Å². The van der Waals surface area contributed by atoms with E-state index in [2.05, 4.69) is 27.5 Å². The lowest BCUT2D eigenvalue weighted by atomic mass is 10.0. The van der Waals surface area contributed by atoms with Gasteiger partial charge in [-0.15, -0.1) is 0 Å². The second-order valence-electron chi connectivity index (χ2n) is 5.77. The summed E-state index contributed by atoms with van der Waals surface area (Å²) in [5, 5.41) is 6.76. The van der Waals surface area contributed by atoms with Gasteiger partial charge in [-0.25, -0.2) is 9.97 Å². The minimum absolute atomic E-state index is 0.576. The van der Waals surface area contributed by atoms with Crippen LogP contribution in [-0.2, 0) is 4.74 Å². The first kappa shape index (κ1) is 13.6. The van der Waals surface area contributed by atoms with Crippen LogP contribution in [0.3, 0.4) is 0 Å². The van der Waals surface area contributed by atoms with Gasteiger partial charge in [-0.3, -0.25) is 0 Å². The van der Waals surface area contributed by atoms with Gasteiger partial charge in [-0.05, 0) is 38.5 Å². The first-order valence-electron chi connectivity index (χ1n) is 7.79. The molecule has 3 rings (SSSR count). The summed E-state index contributed by atoms with van der Waals surface area (Å²) in [6.07, 6.45) is 4.87. The fourth-order valence-electron chi connectivity index (χ4n) is 2.57. The fourth-order valence-corrected chi connectivity index (χ4v) is 2.57. The molecule has 1 unspecified atom stereocenters. The third kappa shape index (κ3) is 3.60. The average Bonchev–Trinajstić information content (AvgIpc) is 3.31. The summed E-state index contributed by atoms with van der Waals surface area (Å²) in [4.78, 5) is 9.25. The van der Waals surface area contributed by atoms with Crippen LogP contribution in [0.15, 0.2) is 6.07 Å². The van der Waals surface area contributed by atoms with Crippen LogP contribution in [0.2, 0.25) is 0 Å². The number of ether oxygens (including phenoxy) is 1. The van der Waals surface area contributed by atoms with Crippen molar-refractivity contribution in [2.75, 3.05) is 36.9 Å². The second-order valence-corrected chi connectivity index (χ2v) is 5.77. The summed E-state index contributed by atoms with van der Waals surface area (Å²) >= 11 is 0. The summed E-state index contributed by atoms with van der Waals surface area (Å²) in [5.41, 5.74) is 0. The highest BCUT2D eigenvalue weighted by atomic mass is 16.5. The normalized spacial score (nSPS) is 22.6. The van der Waals surface area contributed by atoms with Crippen LogP contribution >= 0.6 is 0 Å². The molecule has 0 radical (unpaired) electrons. The predicted molar refractivity (Wildman–Crippen MR) is 80.2 cm³/mol. The molecular weight excluding hydrogens is 252 g/mol. The largest absolute Gasteiger partial charge is 0.381 e. The molecule has 2 fully saturated rings. The Morgan fingerprint density at radius 1 is 1.20 bits per heavy atom. The standard InChI is InChI=1S/C15H24N4O/c1-2-16-13-8-14(19-15(18-13)12-5-6-12)17-9-11-4-3-7-20-10-11/h8,11-12H,2-7,9-10H2,1H3,(H2,16,17,18,19). The number of nitrogens with one attached hydrogen (secondary N) is 2. The molecule has 1 aliphatic carbocycles. The maximum absolute atomic E-state index is 5.52. The number of anilines is 2. The summed E-state index contributed by atoms with van der Waals surface area (Å²) < 4.78 is 5.52. The lowest BCUT2D eigenvalue weighted by Crippen LogP contribution is -2.24. The molecule has 2 heterocycles. The van der Waals surface area contributed by atoms with Gasteiger partial charge in [0.15, 0.2) is 0 Å². The van der Waals surface area contributed by atoms with Crippen LogP contribution in [-0.4, -0.2) is 36.3 Å². The molecule has 5 heteroatoms. The van der Waals surface area contributed by atoms with Gasteiger partial charge >= 0.3 is 0 Å². The van der Waals surface area contributed by atoms with E-state index in [1.54, 1.807) is 0 Å². The molecular formula is C15H24N4O. The van der Waals surface area contributed by atoms with Crippen LogP contribution < -0.4 is 10.6 Å². The van der Waals surface area contributed by atoms with Gasteiger partial charge in [0, 0.05) is 31.7 Å². The Morgan fingerprint density at radius 2 is 2.00 bits per heavy atom. The molecule has 0 bridgehead atoms. The molecule has 1 aromatic heterocycles. The minimum Gasteiger partial charge on any atom is -0.381 e. The molecule has 2 aliphatic rings. The quantitative estimate of drug-likeness (QED) is 0.836. The Morgan fingerprint density at radius 3 is 2.65 bits per heavy atom. The lowest BCUT2D eigenvalue weighted by Gasteiger charge is -2.22. The highest BCUT2D eigenvalue weighted by molar-refractivity contribution is 5.48. The number of nitrogens with zero attached hydrogens (tertiary/aromatic N) is 2. The summed E-state index contributed by atoms with van der Waals surface area (Å²) in [6.45, 7) is 5.70. The smallest absolute Gasteiger partial charge is 0.136 e. The fraction of sp³-hybridized carbons (Fsp3) is 0.733. The van der Waals surface area contributed by atoms with E-state index < -0.39 is 0 Å². The Kier molecular flexibility index (Phi) is 4.35. The Hall–Kier alpha value is -1.36. The highest BCUT2D eigenvalue weighted by Crippen LogP contribution is 2.38. The van der Waals surface area contributed by atoms with Crippen molar-refractivity contribution in [2.24, 2.45) is 5.92 Å². The van der Waals surface area contributed by atoms with Crippen molar-refractivity contribution in [3.63, 3.8) is 0 Å². The SMILES string of the molecule is CCNc1cc(NCC2CCCOC2)nc(C2CC2)n1. The van der Waals surface area contributed by atoms with E-state index in [1.807, 2.05) is 6.07 Å². The van der Waals surface area contributed by atoms with Crippen molar-refractivity contribution in [2.45, 2.75) is 38.5 Å². The second kappa shape index (κ2) is 6.39. The van der Waals surface area contributed by atoms with Gasteiger partial charge in [-0.2, -0.15) is 0 Å². The van der Waals surface area contributed by atoms with Gasteiger partial charge in [0.2, 0.25) is 0 Å². The summed E-state index contributed by atoms with van der Waals surface area (Å²) in [7, 11) is 0. The Balaban J connectivity index is 1.64. The van der Waals surface area contributed by atoms with E-state index in [4.69, 9.17) is 4.74 Å². The van der Waals surface area contributed by atoms with E-state index in [0.717, 1.165) is 43.8 Å². The first-order valence-corrected chi connectivity index (χ1v) is 7.79. The van der Waals surface area contributed by atoms with E-state index in [-0.39, 0.29) is 0 Å². The van der Waals surface area contributed by atoms with Crippen molar-refractivity contribution in [3.8, 4) is 0 Å². The van der Waals surface area contributed by atoms with Gasteiger partial charge in [0.1, 0.15) is 17.5 Å². The molecule has 1 saturated heterocycles. The van der Waals surface area contributed by atoms with E-state index in [0.29, 0.717) is 11.8 Å². The average molecular weight is 276 g/mol. The van der Waals surface area contributed by atoms with E-state index in [1.165, 1.54) is 25.7 Å². The number of hydrogen-bond acceptors (Lipinski definition) is 5. The molecule has 1 saturated carbocycles. The van der Waals surface area contributed by atoms with Crippen molar-refractivity contribution >= 4 is 11.6 Å². The van der Waals surface area contributed by atoms with Gasteiger partial charge < -0.3 is 15.4 Å². The zero-order chi connectivity index (χ0) is 13.8. The third-order valence-corrected chi connectivity index (χ3v) is 3.87.